The Labute approximate surface area is 143 Å². The molecule has 0 radical (unpaired) electrons. The summed E-state index contributed by atoms with van der Waals surface area (Å²) in [5.74, 6) is 2.30. The number of benzene rings is 1. The van der Waals surface area contributed by atoms with Crippen molar-refractivity contribution in [2.75, 3.05) is 27.3 Å². The monoisotopic (exact) mass is 333 g/mol. The number of nitrogens with zero attached hydrogens (tertiary/aromatic N) is 1. The van der Waals surface area contributed by atoms with Crippen molar-refractivity contribution in [3.05, 3.63) is 23.8 Å². The molecule has 1 aliphatic heterocycles. The predicted octanol–water partition coefficient (Wildman–Crippen LogP) is 2.57. The lowest BCUT2D eigenvalue weighted by Crippen LogP contribution is -2.36. The van der Waals surface area contributed by atoms with Gasteiger partial charge in [-0.2, -0.15) is 0 Å². The van der Waals surface area contributed by atoms with Crippen LogP contribution < -0.4 is 9.47 Å². The molecule has 0 aromatic heterocycles. The highest BCUT2D eigenvalue weighted by Gasteiger charge is 2.34. The molecule has 24 heavy (non-hydrogen) atoms. The molecule has 1 atom stereocenters. The highest BCUT2D eigenvalue weighted by molar-refractivity contribution is 5.79. The maximum Gasteiger partial charge on any atom is 0.225 e. The van der Waals surface area contributed by atoms with Crippen LogP contribution in [-0.4, -0.2) is 49.3 Å². The first-order chi connectivity index (χ1) is 11.6. The lowest BCUT2D eigenvalue weighted by molar-refractivity contribution is -0.136. The van der Waals surface area contributed by atoms with Crippen molar-refractivity contribution in [2.45, 2.75) is 44.1 Å². The number of rotatable bonds is 4. The lowest BCUT2D eigenvalue weighted by atomic mass is 9.86. The quantitative estimate of drug-likeness (QED) is 0.920. The number of carbonyl (C=O) groups is 1. The Hall–Kier alpha value is -1.75. The van der Waals surface area contributed by atoms with Gasteiger partial charge < -0.3 is 19.5 Å². The molecule has 1 heterocycles. The standard InChI is InChI=1S/C19H27NO4/c1-23-16-7-8-18(24-2)17(11-16)14-9-10-20(12-14)19(22)13-3-5-15(21)6-4-13/h7-8,11,13-15,21H,3-6,9-10,12H2,1-2H3/t13?,14-,15?/m0/s1. The summed E-state index contributed by atoms with van der Waals surface area (Å²) >= 11 is 0. The van der Waals surface area contributed by atoms with Crippen LogP contribution in [0.2, 0.25) is 0 Å². The fourth-order valence-electron chi connectivity index (χ4n) is 3.95. The SMILES string of the molecule is COc1ccc(OC)c([C@H]2CCN(C(=O)C3CCC(O)CC3)C2)c1. The normalized spacial score (nSPS) is 27.1. The van der Waals surface area contributed by atoms with E-state index in [0.717, 1.165) is 62.3 Å². The molecule has 5 heteroatoms. The summed E-state index contributed by atoms with van der Waals surface area (Å²) in [4.78, 5) is 14.7. The second kappa shape index (κ2) is 7.43. The van der Waals surface area contributed by atoms with E-state index in [1.54, 1.807) is 14.2 Å². The third kappa shape index (κ3) is 3.51. The first-order valence-corrected chi connectivity index (χ1v) is 8.81. The van der Waals surface area contributed by atoms with E-state index in [0.29, 0.717) is 0 Å². The van der Waals surface area contributed by atoms with E-state index in [9.17, 15) is 9.90 Å². The van der Waals surface area contributed by atoms with Crippen LogP contribution in [0.4, 0.5) is 0 Å². The number of carbonyl (C=O) groups excluding carboxylic acids is 1. The van der Waals surface area contributed by atoms with Gasteiger partial charge in [-0.05, 0) is 50.3 Å². The first kappa shape index (κ1) is 17.1. The molecule has 0 unspecified atom stereocenters. The summed E-state index contributed by atoms with van der Waals surface area (Å²) < 4.78 is 10.8. The third-order valence-corrected chi connectivity index (χ3v) is 5.42. The topological polar surface area (TPSA) is 59.0 Å². The first-order valence-electron chi connectivity index (χ1n) is 8.81. The van der Waals surface area contributed by atoms with Gasteiger partial charge in [0, 0.05) is 30.5 Å². The second-order valence-electron chi connectivity index (χ2n) is 6.88. The summed E-state index contributed by atoms with van der Waals surface area (Å²) in [5.41, 5.74) is 1.12. The molecule has 1 N–H and O–H groups in total. The fourth-order valence-corrected chi connectivity index (χ4v) is 3.95. The number of amides is 1. The van der Waals surface area contributed by atoms with Crippen molar-refractivity contribution >= 4 is 5.91 Å². The van der Waals surface area contributed by atoms with Crippen LogP contribution >= 0.6 is 0 Å². The Kier molecular flexibility index (Phi) is 5.29. The molecule has 0 bridgehead atoms. The van der Waals surface area contributed by atoms with E-state index < -0.39 is 0 Å². The van der Waals surface area contributed by atoms with E-state index in [-0.39, 0.29) is 23.8 Å². The van der Waals surface area contributed by atoms with Gasteiger partial charge in [-0.1, -0.05) is 0 Å². The Bertz CT molecular complexity index is 581. The molecule has 132 valence electrons. The van der Waals surface area contributed by atoms with Crippen molar-refractivity contribution < 1.29 is 19.4 Å². The van der Waals surface area contributed by atoms with Gasteiger partial charge in [-0.25, -0.2) is 0 Å². The van der Waals surface area contributed by atoms with Crippen LogP contribution in [0.5, 0.6) is 11.5 Å². The zero-order valence-electron chi connectivity index (χ0n) is 14.5. The lowest BCUT2D eigenvalue weighted by Gasteiger charge is -2.28. The highest BCUT2D eigenvalue weighted by Crippen LogP contribution is 2.37. The molecule has 1 saturated heterocycles. The highest BCUT2D eigenvalue weighted by atomic mass is 16.5. The summed E-state index contributed by atoms with van der Waals surface area (Å²) in [7, 11) is 3.34. The zero-order valence-corrected chi connectivity index (χ0v) is 14.5. The van der Waals surface area contributed by atoms with Crippen LogP contribution in [0, 0.1) is 5.92 Å². The average molecular weight is 333 g/mol. The number of methoxy groups -OCH3 is 2. The summed E-state index contributed by atoms with van der Waals surface area (Å²) in [6, 6.07) is 5.85. The van der Waals surface area contributed by atoms with Gasteiger partial charge in [-0.3, -0.25) is 4.79 Å². The van der Waals surface area contributed by atoms with Crippen LogP contribution in [0.25, 0.3) is 0 Å². The van der Waals surface area contributed by atoms with Crippen LogP contribution in [0.1, 0.15) is 43.6 Å². The van der Waals surface area contributed by atoms with E-state index in [1.165, 1.54) is 0 Å². The molecule has 1 amide bonds. The molecule has 0 spiro atoms. The van der Waals surface area contributed by atoms with Gasteiger partial charge in [0.25, 0.3) is 0 Å². The van der Waals surface area contributed by atoms with Gasteiger partial charge in [-0.15, -0.1) is 0 Å². The number of likely N-dealkylation sites (tertiary alicyclic amines) is 1. The van der Waals surface area contributed by atoms with Crippen molar-refractivity contribution in [1.82, 2.24) is 4.90 Å². The molecular formula is C19H27NO4. The van der Waals surface area contributed by atoms with Gasteiger partial charge >= 0.3 is 0 Å². The minimum atomic E-state index is -0.221. The largest absolute Gasteiger partial charge is 0.497 e. The minimum absolute atomic E-state index is 0.0827. The van der Waals surface area contributed by atoms with Gasteiger partial charge in [0.05, 0.1) is 20.3 Å². The fraction of sp³-hybridized carbons (Fsp3) is 0.632. The molecule has 1 saturated carbocycles. The molecule has 1 aromatic carbocycles. The summed E-state index contributed by atoms with van der Waals surface area (Å²) in [6.45, 7) is 1.53. The number of hydrogen-bond acceptors (Lipinski definition) is 4. The third-order valence-electron chi connectivity index (χ3n) is 5.42. The smallest absolute Gasteiger partial charge is 0.225 e. The number of ether oxygens (including phenoxy) is 2. The van der Waals surface area contributed by atoms with Crippen molar-refractivity contribution in [3.63, 3.8) is 0 Å². The van der Waals surface area contributed by atoms with Gasteiger partial charge in [0.2, 0.25) is 5.91 Å². The van der Waals surface area contributed by atoms with Gasteiger partial charge in [0.1, 0.15) is 11.5 Å². The maximum atomic E-state index is 12.7. The molecule has 2 fully saturated rings. The Morgan fingerprint density at radius 2 is 1.88 bits per heavy atom. The summed E-state index contributed by atoms with van der Waals surface area (Å²) in [5, 5.41) is 9.62. The van der Waals surface area contributed by atoms with E-state index in [4.69, 9.17) is 9.47 Å². The number of hydrogen-bond donors (Lipinski definition) is 1. The minimum Gasteiger partial charge on any atom is -0.497 e. The predicted molar refractivity (Wildman–Crippen MR) is 91.4 cm³/mol. The van der Waals surface area contributed by atoms with Crippen LogP contribution in [0.15, 0.2) is 18.2 Å². The van der Waals surface area contributed by atoms with Crippen molar-refractivity contribution in [1.29, 1.82) is 0 Å². The molecule has 5 nitrogen and oxygen atoms in total. The molecule has 1 aliphatic carbocycles. The van der Waals surface area contributed by atoms with Crippen LogP contribution in [-0.2, 0) is 4.79 Å². The Morgan fingerprint density at radius 1 is 1.12 bits per heavy atom. The van der Waals surface area contributed by atoms with E-state index in [2.05, 4.69) is 0 Å². The molecule has 3 rings (SSSR count). The zero-order chi connectivity index (χ0) is 17.1. The van der Waals surface area contributed by atoms with Crippen molar-refractivity contribution in [3.8, 4) is 11.5 Å². The average Bonchev–Trinajstić information content (AvgIpc) is 3.11. The van der Waals surface area contributed by atoms with E-state index >= 15 is 0 Å². The van der Waals surface area contributed by atoms with E-state index in [1.807, 2.05) is 23.1 Å². The Morgan fingerprint density at radius 3 is 2.54 bits per heavy atom. The van der Waals surface area contributed by atoms with Crippen LogP contribution in [0.3, 0.4) is 0 Å². The molecular weight excluding hydrogens is 306 g/mol. The molecule has 1 aromatic rings. The summed E-state index contributed by atoms with van der Waals surface area (Å²) in [6.07, 6.45) is 3.84. The molecule has 2 aliphatic rings. The number of aliphatic hydroxyl groups excluding tert-OH is 1. The van der Waals surface area contributed by atoms with Gasteiger partial charge in [0.15, 0.2) is 0 Å². The number of aliphatic hydroxyl groups is 1. The van der Waals surface area contributed by atoms with Crippen molar-refractivity contribution in [2.24, 2.45) is 5.92 Å². The second-order valence-corrected chi connectivity index (χ2v) is 6.88. The maximum absolute atomic E-state index is 12.7. The Balaban J connectivity index is 1.68.